The van der Waals surface area contributed by atoms with Gasteiger partial charge in [-0.25, -0.2) is 4.39 Å². The molecule has 0 aliphatic heterocycles. The number of rotatable bonds is 3. The van der Waals surface area contributed by atoms with Crippen LogP contribution in [-0.2, 0) is 12.8 Å². The van der Waals surface area contributed by atoms with E-state index in [1.807, 2.05) is 0 Å². The molecule has 2 nitrogen and oxygen atoms in total. The van der Waals surface area contributed by atoms with Gasteiger partial charge in [0.1, 0.15) is 5.82 Å². The van der Waals surface area contributed by atoms with E-state index in [0.717, 1.165) is 5.69 Å². The molecule has 0 saturated heterocycles. The largest absolute Gasteiger partial charge is 0.356 e. The van der Waals surface area contributed by atoms with Gasteiger partial charge in [-0.2, -0.15) is 0 Å². The SMILES string of the molecule is CC(NC(=S)Nc1ccc(F)cc1)c1ccc2c(c1)CCCC2. The Bertz CT molecular complexity index is 697. The maximum atomic E-state index is 12.9. The zero-order valence-corrected chi connectivity index (χ0v) is 14.0. The quantitative estimate of drug-likeness (QED) is 0.795. The lowest BCUT2D eigenvalue weighted by Gasteiger charge is -2.21. The standard InChI is InChI=1S/C19H21FN2S/c1-13(15-7-6-14-4-2-3-5-16(14)12-15)21-19(23)22-18-10-8-17(20)9-11-18/h6-13H,2-5H2,1H3,(H2,21,22,23). The first kappa shape index (κ1) is 15.9. The van der Waals surface area contributed by atoms with Crippen LogP contribution in [0.4, 0.5) is 10.1 Å². The molecular weight excluding hydrogens is 307 g/mol. The molecule has 0 amide bonds. The molecule has 0 radical (unpaired) electrons. The normalized spacial score (nSPS) is 14.7. The summed E-state index contributed by atoms with van der Waals surface area (Å²) in [7, 11) is 0. The van der Waals surface area contributed by atoms with Crippen molar-refractivity contribution in [2.45, 2.75) is 38.6 Å². The smallest absolute Gasteiger partial charge is 0.171 e. The van der Waals surface area contributed by atoms with Crippen molar-refractivity contribution in [2.24, 2.45) is 0 Å². The second-order valence-electron chi connectivity index (χ2n) is 6.06. The minimum atomic E-state index is -0.253. The molecule has 1 unspecified atom stereocenters. The third-order valence-corrected chi connectivity index (χ3v) is 4.54. The van der Waals surface area contributed by atoms with Crippen molar-refractivity contribution in [1.29, 1.82) is 0 Å². The topological polar surface area (TPSA) is 24.1 Å². The van der Waals surface area contributed by atoms with Crippen LogP contribution in [0.25, 0.3) is 0 Å². The van der Waals surface area contributed by atoms with Crippen LogP contribution in [0.5, 0.6) is 0 Å². The van der Waals surface area contributed by atoms with Crippen LogP contribution < -0.4 is 10.6 Å². The monoisotopic (exact) mass is 328 g/mol. The number of nitrogens with one attached hydrogen (secondary N) is 2. The van der Waals surface area contributed by atoms with Gasteiger partial charge in [0.15, 0.2) is 5.11 Å². The molecule has 3 rings (SSSR count). The van der Waals surface area contributed by atoms with Gasteiger partial charge in [-0.15, -0.1) is 0 Å². The Balaban J connectivity index is 1.63. The molecule has 0 aromatic heterocycles. The molecule has 23 heavy (non-hydrogen) atoms. The maximum absolute atomic E-state index is 12.9. The van der Waals surface area contributed by atoms with Crippen molar-refractivity contribution in [3.63, 3.8) is 0 Å². The molecule has 2 aromatic rings. The summed E-state index contributed by atoms with van der Waals surface area (Å²) in [6, 6.07) is 13.0. The molecule has 4 heteroatoms. The highest BCUT2D eigenvalue weighted by atomic mass is 32.1. The molecule has 0 fully saturated rings. The van der Waals surface area contributed by atoms with Gasteiger partial charge in [-0.05, 0) is 85.8 Å². The summed E-state index contributed by atoms with van der Waals surface area (Å²) >= 11 is 5.35. The van der Waals surface area contributed by atoms with E-state index in [-0.39, 0.29) is 11.9 Å². The Labute approximate surface area is 142 Å². The molecule has 1 atom stereocenters. The van der Waals surface area contributed by atoms with E-state index in [1.54, 1.807) is 12.1 Å². The van der Waals surface area contributed by atoms with Crippen LogP contribution in [0.3, 0.4) is 0 Å². The van der Waals surface area contributed by atoms with E-state index in [2.05, 4.69) is 35.8 Å². The number of hydrogen-bond acceptors (Lipinski definition) is 1. The first-order valence-corrected chi connectivity index (χ1v) is 8.47. The molecule has 0 heterocycles. The van der Waals surface area contributed by atoms with E-state index >= 15 is 0 Å². The summed E-state index contributed by atoms with van der Waals surface area (Å²) in [6.45, 7) is 2.10. The number of aryl methyl sites for hydroxylation is 2. The predicted octanol–water partition coefficient (Wildman–Crippen LogP) is 4.75. The van der Waals surface area contributed by atoms with Crippen molar-refractivity contribution in [2.75, 3.05) is 5.32 Å². The summed E-state index contributed by atoms with van der Waals surface area (Å²) in [5.74, 6) is -0.253. The van der Waals surface area contributed by atoms with Crippen LogP contribution in [-0.4, -0.2) is 5.11 Å². The van der Waals surface area contributed by atoms with Gasteiger partial charge in [0.25, 0.3) is 0 Å². The van der Waals surface area contributed by atoms with Crippen molar-refractivity contribution in [3.05, 3.63) is 65.0 Å². The number of thiocarbonyl (C=S) groups is 1. The summed E-state index contributed by atoms with van der Waals surface area (Å²) in [5.41, 5.74) is 4.98. The van der Waals surface area contributed by atoms with E-state index in [0.29, 0.717) is 5.11 Å². The Morgan fingerprint density at radius 1 is 1.04 bits per heavy atom. The lowest BCUT2D eigenvalue weighted by atomic mass is 9.89. The van der Waals surface area contributed by atoms with E-state index < -0.39 is 0 Å². The number of benzene rings is 2. The lowest BCUT2D eigenvalue weighted by Crippen LogP contribution is -2.31. The van der Waals surface area contributed by atoms with Crippen LogP contribution >= 0.6 is 12.2 Å². The number of hydrogen-bond donors (Lipinski definition) is 2. The third-order valence-electron chi connectivity index (χ3n) is 4.32. The fourth-order valence-electron chi connectivity index (χ4n) is 3.00. The molecule has 1 aliphatic rings. The molecule has 0 saturated carbocycles. The first-order valence-electron chi connectivity index (χ1n) is 8.06. The minimum Gasteiger partial charge on any atom is -0.356 e. The van der Waals surface area contributed by atoms with Crippen LogP contribution in [0.15, 0.2) is 42.5 Å². The molecular formula is C19H21FN2S. The highest BCUT2D eigenvalue weighted by Gasteiger charge is 2.13. The van der Waals surface area contributed by atoms with Gasteiger partial charge in [0, 0.05) is 5.69 Å². The maximum Gasteiger partial charge on any atom is 0.171 e. The fraction of sp³-hybridized carbons (Fsp3) is 0.316. The van der Waals surface area contributed by atoms with Gasteiger partial charge < -0.3 is 10.6 Å². The molecule has 0 spiro atoms. The van der Waals surface area contributed by atoms with Crippen molar-refractivity contribution < 1.29 is 4.39 Å². The third kappa shape index (κ3) is 4.08. The number of fused-ring (bicyclic) bond motifs is 1. The average Bonchev–Trinajstić information content (AvgIpc) is 2.56. The number of halogens is 1. The van der Waals surface area contributed by atoms with Gasteiger partial charge in [0.2, 0.25) is 0 Å². The van der Waals surface area contributed by atoms with Gasteiger partial charge in [-0.1, -0.05) is 18.2 Å². The highest BCUT2D eigenvalue weighted by Crippen LogP contribution is 2.24. The summed E-state index contributed by atoms with van der Waals surface area (Å²) in [4.78, 5) is 0. The second-order valence-corrected chi connectivity index (χ2v) is 6.47. The highest BCUT2D eigenvalue weighted by molar-refractivity contribution is 7.80. The van der Waals surface area contributed by atoms with Crippen molar-refractivity contribution in [1.82, 2.24) is 5.32 Å². The van der Waals surface area contributed by atoms with E-state index in [9.17, 15) is 4.39 Å². The zero-order chi connectivity index (χ0) is 16.2. The summed E-state index contributed by atoms with van der Waals surface area (Å²) in [6.07, 6.45) is 4.95. The van der Waals surface area contributed by atoms with E-state index in [1.165, 1.54) is 54.5 Å². The summed E-state index contributed by atoms with van der Waals surface area (Å²) < 4.78 is 12.9. The summed E-state index contributed by atoms with van der Waals surface area (Å²) in [5, 5.41) is 6.92. The van der Waals surface area contributed by atoms with Crippen LogP contribution in [0.2, 0.25) is 0 Å². The van der Waals surface area contributed by atoms with Gasteiger partial charge in [-0.3, -0.25) is 0 Å². The molecule has 120 valence electrons. The minimum absolute atomic E-state index is 0.127. The van der Waals surface area contributed by atoms with Gasteiger partial charge >= 0.3 is 0 Å². The molecule has 2 aromatic carbocycles. The van der Waals surface area contributed by atoms with Crippen LogP contribution in [0, 0.1) is 5.82 Å². The van der Waals surface area contributed by atoms with Crippen molar-refractivity contribution >= 4 is 23.0 Å². The second kappa shape index (κ2) is 7.09. The average molecular weight is 328 g/mol. The molecule has 1 aliphatic carbocycles. The number of anilines is 1. The Hall–Kier alpha value is -1.94. The van der Waals surface area contributed by atoms with Gasteiger partial charge in [0.05, 0.1) is 6.04 Å². The fourth-order valence-corrected chi connectivity index (χ4v) is 3.30. The predicted molar refractivity (Wildman–Crippen MR) is 97.3 cm³/mol. The molecule has 0 bridgehead atoms. The zero-order valence-electron chi connectivity index (χ0n) is 13.2. The first-order chi connectivity index (χ1) is 11.1. The van der Waals surface area contributed by atoms with Crippen LogP contribution in [0.1, 0.15) is 42.5 Å². The van der Waals surface area contributed by atoms with Crippen molar-refractivity contribution in [3.8, 4) is 0 Å². The molecule has 2 N–H and O–H groups in total. The Kier molecular flexibility index (Phi) is 4.91. The van der Waals surface area contributed by atoms with E-state index in [4.69, 9.17) is 12.2 Å². The lowest BCUT2D eigenvalue weighted by molar-refractivity contribution is 0.628. The Morgan fingerprint density at radius 3 is 2.48 bits per heavy atom. The Morgan fingerprint density at radius 2 is 1.74 bits per heavy atom.